The first-order valence-corrected chi connectivity index (χ1v) is 12.0. The molecule has 0 aliphatic heterocycles. The van der Waals surface area contributed by atoms with Crippen molar-refractivity contribution in [2.45, 2.75) is 6.92 Å². The highest BCUT2D eigenvalue weighted by molar-refractivity contribution is 7.23. The van der Waals surface area contributed by atoms with Gasteiger partial charge in [-0.2, -0.15) is 0 Å². The Labute approximate surface area is 189 Å². The second-order valence-corrected chi connectivity index (χ2v) is 9.72. The molecule has 6 aromatic rings. The topological polar surface area (TPSA) is 12.9 Å². The number of fused-ring (bicyclic) bond motifs is 2. The zero-order chi connectivity index (χ0) is 20.8. The van der Waals surface area contributed by atoms with Crippen LogP contribution in [0.2, 0.25) is 0 Å². The Morgan fingerprint density at radius 3 is 1.94 bits per heavy atom. The van der Waals surface area contributed by atoms with E-state index >= 15 is 0 Å². The fourth-order valence-corrected chi connectivity index (χ4v) is 6.76. The van der Waals surface area contributed by atoms with Crippen molar-refractivity contribution in [1.29, 1.82) is 0 Å². The Morgan fingerprint density at radius 1 is 0.581 bits per heavy atom. The number of nitrogens with zero attached hydrogens (tertiary/aromatic N) is 1. The quantitative estimate of drug-likeness (QED) is 0.272. The van der Waals surface area contributed by atoms with Crippen molar-refractivity contribution in [3.05, 3.63) is 103 Å². The van der Waals surface area contributed by atoms with E-state index in [9.17, 15) is 0 Å². The molecule has 1 nitrogen and oxygen atoms in total. The summed E-state index contributed by atoms with van der Waals surface area (Å²) in [7, 11) is 0. The Kier molecular flexibility index (Phi) is 4.45. The van der Waals surface area contributed by atoms with Gasteiger partial charge in [0.2, 0.25) is 0 Å². The van der Waals surface area contributed by atoms with E-state index in [4.69, 9.17) is 4.98 Å². The highest BCUT2D eigenvalue weighted by atomic mass is 32.1. The Morgan fingerprint density at radius 2 is 1.19 bits per heavy atom. The number of aryl methyl sites for hydroxylation is 1. The van der Waals surface area contributed by atoms with Crippen LogP contribution in [0.25, 0.3) is 52.3 Å². The highest BCUT2D eigenvalue weighted by Gasteiger charge is 2.21. The summed E-state index contributed by atoms with van der Waals surface area (Å²) in [6.45, 7) is 2.25. The van der Waals surface area contributed by atoms with E-state index in [0.717, 1.165) is 5.69 Å². The molecule has 0 saturated heterocycles. The van der Waals surface area contributed by atoms with Crippen molar-refractivity contribution >= 4 is 42.8 Å². The lowest BCUT2D eigenvalue weighted by molar-refractivity contribution is 1.34. The number of hydrogen-bond donors (Lipinski definition) is 0. The van der Waals surface area contributed by atoms with Gasteiger partial charge in [-0.15, -0.1) is 22.7 Å². The smallest absolute Gasteiger partial charge is 0.0808 e. The third-order valence-electron chi connectivity index (χ3n) is 5.78. The summed E-state index contributed by atoms with van der Waals surface area (Å²) in [5.41, 5.74) is 6.23. The minimum atomic E-state index is 1.03. The van der Waals surface area contributed by atoms with Crippen molar-refractivity contribution in [3.8, 4) is 32.1 Å². The number of hydrogen-bond acceptors (Lipinski definition) is 3. The molecule has 0 bridgehead atoms. The molecule has 0 saturated carbocycles. The summed E-state index contributed by atoms with van der Waals surface area (Å²) in [5, 5.41) is 2.64. The van der Waals surface area contributed by atoms with E-state index in [2.05, 4.69) is 91.9 Å². The first kappa shape index (κ1) is 18.5. The van der Waals surface area contributed by atoms with Crippen LogP contribution < -0.4 is 0 Å². The maximum atomic E-state index is 4.70. The molecule has 0 radical (unpaired) electrons. The van der Waals surface area contributed by atoms with Crippen LogP contribution in [-0.2, 0) is 0 Å². The van der Waals surface area contributed by atoms with Gasteiger partial charge in [0.15, 0.2) is 0 Å². The van der Waals surface area contributed by atoms with Gasteiger partial charge in [-0.05, 0) is 53.3 Å². The average Bonchev–Trinajstić information content (AvgIpc) is 3.38. The summed E-state index contributed by atoms with van der Waals surface area (Å²) in [6, 6.07) is 32.4. The van der Waals surface area contributed by atoms with E-state index in [-0.39, 0.29) is 0 Å². The van der Waals surface area contributed by atoms with Crippen molar-refractivity contribution in [2.75, 3.05) is 0 Å². The molecule has 0 amide bonds. The van der Waals surface area contributed by atoms with E-state index in [0.29, 0.717) is 0 Å². The molecule has 0 aliphatic carbocycles. The second kappa shape index (κ2) is 7.45. The predicted octanol–water partition coefficient (Wildman–Crippen LogP) is 8.82. The van der Waals surface area contributed by atoms with Gasteiger partial charge in [0.25, 0.3) is 0 Å². The van der Waals surface area contributed by atoms with Crippen LogP contribution in [0.3, 0.4) is 0 Å². The minimum absolute atomic E-state index is 1.03. The third-order valence-corrected chi connectivity index (χ3v) is 8.28. The lowest BCUT2D eigenvalue weighted by Crippen LogP contribution is -1.87. The molecular weight excluding hydrogens is 414 g/mol. The first-order chi connectivity index (χ1) is 15.3. The Hall–Kier alpha value is -3.27. The normalized spacial score (nSPS) is 11.4. The molecule has 31 heavy (non-hydrogen) atoms. The number of rotatable bonds is 3. The second-order valence-electron chi connectivity index (χ2n) is 7.62. The molecule has 6 rings (SSSR count). The van der Waals surface area contributed by atoms with Crippen LogP contribution in [0.5, 0.6) is 0 Å². The summed E-state index contributed by atoms with van der Waals surface area (Å²) in [4.78, 5) is 7.27. The lowest BCUT2D eigenvalue weighted by Gasteiger charge is -2.11. The SMILES string of the molecule is Cc1c(-c2ccccc2-c2c(-c3ccccn3)sc3ccccc23)sc2ccccc12. The van der Waals surface area contributed by atoms with E-state index in [1.54, 1.807) is 0 Å². The molecule has 0 fully saturated rings. The Bertz CT molecular complexity index is 1540. The van der Waals surface area contributed by atoms with Gasteiger partial charge < -0.3 is 0 Å². The molecule has 148 valence electrons. The van der Waals surface area contributed by atoms with Gasteiger partial charge in [0, 0.05) is 31.4 Å². The fourth-order valence-electron chi connectivity index (χ4n) is 4.32. The zero-order valence-corrected chi connectivity index (χ0v) is 18.6. The Balaban J connectivity index is 1.68. The molecule has 3 heteroatoms. The lowest BCUT2D eigenvalue weighted by atomic mass is 9.94. The van der Waals surface area contributed by atoms with Gasteiger partial charge in [-0.25, -0.2) is 0 Å². The standard InChI is InChI=1S/C28H19NS2/c1-18-19-10-4-6-15-24(19)30-27(18)21-12-3-2-11-20(21)26-22-13-5-7-16-25(22)31-28(26)23-14-8-9-17-29-23/h2-17H,1H3. The van der Waals surface area contributed by atoms with Crippen LogP contribution in [-0.4, -0.2) is 4.98 Å². The minimum Gasteiger partial charge on any atom is -0.255 e. The van der Waals surface area contributed by atoms with Crippen LogP contribution in [0, 0.1) is 6.92 Å². The molecule has 3 aromatic heterocycles. The van der Waals surface area contributed by atoms with E-state index < -0.39 is 0 Å². The van der Waals surface area contributed by atoms with Crippen LogP contribution in [0.4, 0.5) is 0 Å². The number of benzene rings is 3. The van der Waals surface area contributed by atoms with Gasteiger partial charge in [-0.3, -0.25) is 4.98 Å². The molecule has 0 N–H and O–H groups in total. The molecule has 3 heterocycles. The predicted molar refractivity (Wildman–Crippen MR) is 136 cm³/mol. The monoisotopic (exact) mass is 433 g/mol. The average molecular weight is 434 g/mol. The van der Waals surface area contributed by atoms with Gasteiger partial charge in [-0.1, -0.05) is 66.7 Å². The van der Waals surface area contributed by atoms with Crippen LogP contribution in [0.15, 0.2) is 97.2 Å². The first-order valence-electron chi connectivity index (χ1n) is 10.3. The zero-order valence-electron chi connectivity index (χ0n) is 17.0. The van der Waals surface area contributed by atoms with Crippen molar-refractivity contribution < 1.29 is 0 Å². The maximum Gasteiger partial charge on any atom is 0.0808 e. The summed E-state index contributed by atoms with van der Waals surface area (Å²) >= 11 is 3.71. The van der Waals surface area contributed by atoms with Gasteiger partial charge in [0.1, 0.15) is 0 Å². The number of pyridine rings is 1. The number of thiophene rings is 2. The van der Waals surface area contributed by atoms with Crippen LogP contribution in [0.1, 0.15) is 5.56 Å². The van der Waals surface area contributed by atoms with Crippen LogP contribution >= 0.6 is 22.7 Å². The third kappa shape index (κ3) is 3.01. The summed E-state index contributed by atoms with van der Waals surface area (Å²) < 4.78 is 2.63. The largest absolute Gasteiger partial charge is 0.255 e. The molecule has 0 spiro atoms. The summed E-state index contributed by atoms with van der Waals surface area (Å²) in [6.07, 6.45) is 1.88. The highest BCUT2D eigenvalue weighted by Crippen LogP contribution is 2.49. The molecule has 3 aromatic carbocycles. The van der Waals surface area contributed by atoms with E-state index in [1.807, 2.05) is 34.9 Å². The van der Waals surface area contributed by atoms with Crippen molar-refractivity contribution in [1.82, 2.24) is 4.98 Å². The van der Waals surface area contributed by atoms with E-state index in [1.165, 1.54) is 52.2 Å². The maximum absolute atomic E-state index is 4.70. The molecule has 0 unspecified atom stereocenters. The number of aromatic nitrogens is 1. The van der Waals surface area contributed by atoms with Gasteiger partial charge >= 0.3 is 0 Å². The van der Waals surface area contributed by atoms with Crippen molar-refractivity contribution in [3.63, 3.8) is 0 Å². The molecule has 0 atom stereocenters. The van der Waals surface area contributed by atoms with Gasteiger partial charge in [0.05, 0.1) is 10.6 Å². The van der Waals surface area contributed by atoms with Crippen molar-refractivity contribution in [2.24, 2.45) is 0 Å². The summed E-state index contributed by atoms with van der Waals surface area (Å²) in [5.74, 6) is 0. The molecule has 0 aliphatic rings. The molecular formula is C28H19NS2. The fraction of sp³-hybridized carbons (Fsp3) is 0.0357.